The molecular formula is C23H25N3O2. The average Bonchev–Trinajstić information content (AvgIpc) is 3.12. The molecule has 1 aliphatic rings. The first-order valence-electron chi connectivity index (χ1n) is 9.69. The number of carbonyl (C=O) groups is 1. The lowest BCUT2D eigenvalue weighted by Crippen LogP contribution is -2.44. The molecule has 1 unspecified atom stereocenters. The van der Waals surface area contributed by atoms with Gasteiger partial charge in [0.05, 0.1) is 24.8 Å². The molecule has 1 saturated heterocycles. The number of ether oxygens (including phenoxy) is 1. The second kappa shape index (κ2) is 7.98. The fraction of sp³-hybridized carbons (Fsp3) is 0.304. The van der Waals surface area contributed by atoms with Crippen LogP contribution in [0.25, 0.3) is 11.3 Å². The molecule has 5 heteroatoms. The zero-order valence-electron chi connectivity index (χ0n) is 16.3. The van der Waals surface area contributed by atoms with Gasteiger partial charge in [-0.2, -0.15) is 5.10 Å². The molecule has 144 valence electrons. The molecule has 4 rings (SSSR count). The summed E-state index contributed by atoms with van der Waals surface area (Å²) in [5.74, 6) is 0.0186. The molecule has 5 nitrogen and oxygen atoms in total. The highest BCUT2D eigenvalue weighted by Crippen LogP contribution is 2.25. The van der Waals surface area contributed by atoms with Gasteiger partial charge < -0.3 is 9.64 Å². The van der Waals surface area contributed by atoms with E-state index in [2.05, 4.69) is 31.2 Å². The zero-order valence-corrected chi connectivity index (χ0v) is 16.3. The van der Waals surface area contributed by atoms with Gasteiger partial charge in [-0.3, -0.25) is 9.48 Å². The second-order valence-corrected chi connectivity index (χ2v) is 7.37. The van der Waals surface area contributed by atoms with Crippen LogP contribution in [0.15, 0.2) is 60.8 Å². The first-order valence-corrected chi connectivity index (χ1v) is 9.69. The van der Waals surface area contributed by atoms with E-state index in [0.29, 0.717) is 31.8 Å². The summed E-state index contributed by atoms with van der Waals surface area (Å²) in [7, 11) is 0. The van der Waals surface area contributed by atoms with Gasteiger partial charge in [-0.25, -0.2) is 0 Å². The van der Waals surface area contributed by atoms with Crippen molar-refractivity contribution in [2.24, 2.45) is 0 Å². The molecule has 2 aromatic carbocycles. The largest absolute Gasteiger partial charge is 0.375 e. The van der Waals surface area contributed by atoms with E-state index in [1.165, 1.54) is 5.56 Å². The third-order valence-electron chi connectivity index (χ3n) is 5.03. The van der Waals surface area contributed by atoms with E-state index >= 15 is 0 Å². The monoisotopic (exact) mass is 375 g/mol. The van der Waals surface area contributed by atoms with Crippen molar-refractivity contribution in [2.45, 2.75) is 26.5 Å². The number of amides is 1. The fourth-order valence-electron chi connectivity index (χ4n) is 3.53. The molecule has 3 aromatic rings. The molecule has 0 saturated carbocycles. The van der Waals surface area contributed by atoms with Gasteiger partial charge >= 0.3 is 0 Å². The smallest absolute Gasteiger partial charge is 0.257 e. The molecule has 1 aromatic heterocycles. The Morgan fingerprint density at radius 2 is 1.89 bits per heavy atom. The number of hydrogen-bond acceptors (Lipinski definition) is 3. The Morgan fingerprint density at radius 3 is 2.61 bits per heavy atom. The van der Waals surface area contributed by atoms with E-state index < -0.39 is 0 Å². The Balaban J connectivity index is 1.70. The molecule has 28 heavy (non-hydrogen) atoms. The van der Waals surface area contributed by atoms with Crippen LogP contribution in [-0.2, 0) is 11.3 Å². The molecule has 1 amide bonds. The highest BCUT2D eigenvalue weighted by atomic mass is 16.5. The SMILES string of the molecule is Cc1ccc(-c2nn(Cc3ccccc3)cc2C(=O)N2CCOC(C)C2)cc1. The number of rotatable bonds is 4. The molecule has 1 fully saturated rings. The molecule has 0 radical (unpaired) electrons. The molecule has 2 heterocycles. The number of benzene rings is 2. The van der Waals surface area contributed by atoms with Crippen LogP contribution >= 0.6 is 0 Å². The lowest BCUT2D eigenvalue weighted by atomic mass is 10.1. The highest BCUT2D eigenvalue weighted by molar-refractivity contribution is 5.99. The van der Waals surface area contributed by atoms with Gasteiger partial charge in [0.1, 0.15) is 5.69 Å². The van der Waals surface area contributed by atoms with Crippen LogP contribution in [-0.4, -0.2) is 46.4 Å². The van der Waals surface area contributed by atoms with E-state index in [9.17, 15) is 4.79 Å². The van der Waals surface area contributed by atoms with Crippen LogP contribution in [0.3, 0.4) is 0 Å². The van der Waals surface area contributed by atoms with Crippen molar-refractivity contribution in [1.82, 2.24) is 14.7 Å². The van der Waals surface area contributed by atoms with Gasteiger partial charge in [-0.05, 0) is 19.4 Å². The Labute approximate surface area is 165 Å². The van der Waals surface area contributed by atoms with E-state index in [-0.39, 0.29) is 12.0 Å². The predicted molar refractivity (Wildman–Crippen MR) is 109 cm³/mol. The molecule has 0 N–H and O–H groups in total. The number of aryl methyl sites for hydroxylation is 1. The topological polar surface area (TPSA) is 47.4 Å². The van der Waals surface area contributed by atoms with Gasteiger partial charge in [0.2, 0.25) is 0 Å². The van der Waals surface area contributed by atoms with Gasteiger partial charge in [0.25, 0.3) is 5.91 Å². The quantitative estimate of drug-likeness (QED) is 0.697. The van der Waals surface area contributed by atoms with Crippen LogP contribution in [0, 0.1) is 6.92 Å². The third-order valence-corrected chi connectivity index (χ3v) is 5.03. The first-order chi connectivity index (χ1) is 13.6. The second-order valence-electron chi connectivity index (χ2n) is 7.37. The normalized spacial score (nSPS) is 16.9. The summed E-state index contributed by atoms with van der Waals surface area (Å²) >= 11 is 0. The van der Waals surface area contributed by atoms with Crippen LogP contribution in [0.5, 0.6) is 0 Å². The molecular weight excluding hydrogens is 350 g/mol. The Bertz CT molecular complexity index is 948. The maximum atomic E-state index is 13.3. The number of hydrogen-bond donors (Lipinski definition) is 0. The van der Waals surface area contributed by atoms with Crippen molar-refractivity contribution < 1.29 is 9.53 Å². The number of aromatic nitrogens is 2. The minimum absolute atomic E-state index is 0.0186. The predicted octanol–water partition coefficient (Wildman–Crippen LogP) is 3.77. The molecule has 0 bridgehead atoms. The summed E-state index contributed by atoms with van der Waals surface area (Å²) in [6, 6.07) is 18.3. The molecule has 0 aliphatic carbocycles. The van der Waals surface area contributed by atoms with Crippen molar-refractivity contribution in [1.29, 1.82) is 0 Å². The third kappa shape index (κ3) is 3.99. The molecule has 1 atom stereocenters. The minimum Gasteiger partial charge on any atom is -0.375 e. The fourth-order valence-corrected chi connectivity index (χ4v) is 3.53. The van der Waals surface area contributed by atoms with Crippen LogP contribution in [0.4, 0.5) is 0 Å². The first kappa shape index (κ1) is 18.4. The summed E-state index contributed by atoms with van der Waals surface area (Å²) in [6.07, 6.45) is 1.94. The van der Waals surface area contributed by atoms with Crippen molar-refractivity contribution in [2.75, 3.05) is 19.7 Å². The van der Waals surface area contributed by atoms with Gasteiger partial charge in [0, 0.05) is 24.8 Å². The van der Waals surface area contributed by atoms with Crippen LogP contribution < -0.4 is 0 Å². The van der Waals surface area contributed by atoms with Gasteiger partial charge in [0.15, 0.2) is 0 Å². The number of carbonyl (C=O) groups excluding carboxylic acids is 1. The van der Waals surface area contributed by atoms with E-state index in [1.54, 1.807) is 0 Å². The van der Waals surface area contributed by atoms with Gasteiger partial charge in [-0.1, -0.05) is 60.2 Å². The van der Waals surface area contributed by atoms with Crippen molar-refractivity contribution in [3.8, 4) is 11.3 Å². The number of nitrogens with zero attached hydrogens (tertiary/aromatic N) is 3. The number of morpholine rings is 1. The average molecular weight is 375 g/mol. The van der Waals surface area contributed by atoms with Crippen LogP contribution in [0.2, 0.25) is 0 Å². The van der Waals surface area contributed by atoms with Crippen molar-refractivity contribution in [3.05, 3.63) is 77.5 Å². The van der Waals surface area contributed by atoms with Crippen molar-refractivity contribution >= 4 is 5.91 Å². The highest BCUT2D eigenvalue weighted by Gasteiger charge is 2.26. The van der Waals surface area contributed by atoms with E-state index in [0.717, 1.165) is 16.8 Å². The maximum Gasteiger partial charge on any atom is 0.257 e. The summed E-state index contributed by atoms with van der Waals surface area (Å²) in [5.41, 5.74) is 4.68. The van der Waals surface area contributed by atoms with E-state index in [4.69, 9.17) is 9.84 Å². The van der Waals surface area contributed by atoms with Crippen LogP contribution in [0.1, 0.15) is 28.4 Å². The van der Waals surface area contributed by atoms with Gasteiger partial charge in [-0.15, -0.1) is 0 Å². The molecule has 1 aliphatic heterocycles. The van der Waals surface area contributed by atoms with E-state index in [1.807, 2.05) is 53.0 Å². The molecule has 0 spiro atoms. The summed E-state index contributed by atoms with van der Waals surface area (Å²) in [5, 5.41) is 4.78. The Morgan fingerprint density at radius 1 is 1.14 bits per heavy atom. The zero-order chi connectivity index (χ0) is 19.5. The Hall–Kier alpha value is -2.92. The lowest BCUT2D eigenvalue weighted by Gasteiger charge is -2.31. The summed E-state index contributed by atoms with van der Waals surface area (Å²) < 4.78 is 7.45. The van der Waals surface area contributed by atoms with Crippen molar-refractivity contribution in [3.63, 3.8) is 0 Å². The maximum absolute atomic E-state index is 13.3. The summed E-state index contributed by atoms with van der Waals surface area (Å²) in [6.45, 7) is 6.48. The lowest BCUT2D eigenvalue weighted by molar-refractivity contribution is -0.0123. The summed E-state index contributed by atoms with van der Waals surface area (Å²) in [4.78, 5) is 15.2. The standard InChI is InChI=1S/C23H25N3O2/c1-17-8-10-20(11-9-17)22-21(23(27)25-12-13-28-18(2)14-25)16-26(24-22)15-19-6-4-3-5-7-19/h3-11,16,18H,12-15H2,1-2H3. The Kier molecular flexibility index (Phi) is 5.26. The minimum atomic E-state index is 0.0186.